The summed E-state index contributed by atoms with van der Waals surface area (Å²) >= 11 is 7.84. The van der Waals surface area contributed by atoms with Gasteiger partial charge in [0, 0.05) is 46.0 Å². The molecule has 170 valence electrons. The highest BCUT2D eigenvalue weighted by Gasteiger charge is 2.15. The van der Waals surface area contributed by atoms with Gasteiger partial charge in [0.1, 0.15) is 11.5 Å². The number of nitro benzene ring substituents is 1. The molecule has 3 aromatic carbocycles. The van der Waals surface area contributed by atoms with Crippen LogP contribution in [0.1, 0.15) is 11.1 Å². The topological polar surface area (TPSA) is 94.6 Å². The molecule has 0 saturated carbocycles. The second kappa shape index (κ2) is 8.81. The second-order valence-corrected chi connectivity index (χ2v) is 9.13. The molecule has 2 aromatic heterocycles. The van der Waals surface area contributed by atoms with Crippen LogP contribution in [0.5, 0.6) is 11.5 Å². The predicted octanol–water partition coefficient (Wildman–Crippen LogP) is 6.89. The molecule has 0 aliphatic carbocycles. The Bertz CT molecular complexity index is 1560. The lowest BCUT2D eigenvalue weighted by Crippen LogP contribution is -2.00. The number of rotatable bonds is 7. The van der Waals surface area contributed by atoms with Crippen molar-refractivity contribution in [1.82, 2.24) is 4.57 Å². The number of fused-ring (bicyclic) bond motifs is 2. The highest BCUT2D eigenvalue weighted by Crippen LogP contribution is 2.33. The maximum absolute atomic E-state index is 11.4. The van der Waals surface area contributed by atoms with Crippen molar-refractivity contribution in [3.05, 3.63) is 98.5 Å². The zero-order valence-corrected chi connectivity index (χ0v) is 19.2. The number of hydrogen-bond acceptors (Lipinski definition) is 5. The fourth-order valence-corrected chi connectivity index (χ4v) is 5.08. The van der Waals surface area contributed by atoms with E-state index in [2.05, 4.69) is 5.38 Å². The van der Waals surface area contributed by atoms with Gasteiger partial charge >= 0.3 is 5.97 Å². The van der Waals surface area contributed by atoms with Crippen LogP contribution >= 0.6 is 22.9 Å². The lowest BCUT2D eigenvalue weighted by Gasteiger charge is -2.09. The third-order valence-corrected chi connectivity index (χ3v) is 6.76. The number of nitro groups is 1. The van der Waals surface area contributed by atoms with Gasteiger partial charge in [-0.25, -0.2) is 0 Å². The predicted molar refractivity (Wildman–Crippen MR) is 132 cm³/mol. The normalized spacial score (nSPS) is 11.2. The number of hydrogen-bond donors (Lipinski definition) is 1. The van der Waals surface area contributed by atoms with Gasteiger partial charge in [0.25, 0.3) is 5.69 Å². The molecule has 0 aliphatic rings. The molecule has 0 atom stereocenters. The molecule has 5 rings (SSSR count). The van der Waals surface area contributed by atoms with E-state index in [0.717, 1.165) is 26.6 Å². The lowest BCUT2D eigenvalue weighted by atomic mass is 10.1. The van der Waals surface area contributed by atoms with Gasteiger partial charge in [0.2, 0.25) is 0 Å². The molecular formula is C25H17ClN2O5S. The summed E-state index contributed by atoms with van der Waals surface area (Å²) in [6.07, 6.45) is 1.77. The van der Waals surface area contributed by atoms with E-state index in [1.807, 2.05) is 41.1 Å². The molecule has 7 nitrogen and oxygen atoms in total. The van der Waals surface area contributed by atoms with Crippen molar-refractivity contribution in [2.45, 2.75) is 13.0 Å². The van der Waals surface area contributed by atoms with Crippen LogP contribution in [0.4, 0.5) is 5.69 Å². The van der Waals surface area contributed by atoms with E-state index in [0.29, 0.717) is 28.6 Å². The zero-order valence-electron chi connectivity index (χ0n) is 17.6. The van der Waals surface area contributed by atoms with E-state index in [9.17, 15) is 20.0 Å². The van der Waals surface area contributed by atoms with Gasteiger partial charge in [0.05, 0.1) is 16.9 Å². The number of carboxylic acid groups (broad SMARTS) is 1. The number of ether oxygens (including phenoxy) is 1. The van der Waals surface area contributed by atoms with E-state index in [4.69, 9.17) is 16.3 Å². The molecule has 0 amide bonds. The first-order chi connectivity index (χ1) is 16.4. The van der Waals surface area contributed by atoms with Crippen LogP contribution in [0.2, 0.25) is 5.02 Å². The summed E-state index contributed by atoms with van der Waals surface area (Å²) in [4.78, 5) is 21.9. The summed E-state index contributed by atoms with van der Waals surface area (Å²) < 4.78 is 9.06. The Morgan fingerprint density at radius 1 is 1.03 bits per heavy atom. The standard InChI is InChI=1S/C25H17ClN2O5S/c26-17-1-8-24-22(10-17)16(14-34-24)13-27-12-15(9-25(29)30)21-7-6-20(11-23(21)27)33-19-4-2-18(3-5-19)28(31)32/h1-8,10-12,14H,9,13H2,(H,29,30). The van der Waals surface area contributed by atoms with Crippen molar-refractivity contribution < 1.29 is 19.6 Å². The number of aliphatic carboxylic acids is 1. The highest BCUT2D eigenvalue weighted by atomic mass is 35.5. The van der Waals surface area contributed by atoms with Crippen LogP contribution in [-0.4, -0.2) is 20.6 Å². The van der Waals surface area contributed by atoms with Gasteiger partial charge < -0.3 is 14.4 Å². The van der Waals surface area contributed by atoms with Crippen molar-refractivity contribution in [3.63, 3.8) is 0 Å². The van der Waals surface area contributed by atoms with Gasteiger partial charge in [-0.2, -0.15) is 0 Å². The Morgan fingerprint density at radius 3 is 2.53 bits per heavy atom. The minimum atomic E-state index is -0.905. The third-order valence-electron chi connectivity index (χ3n) is 5.52. The summed E-state index contributed by atoms with van der Waals surface area (Å²) in [5.74, 6) is 0.103. The Balaban J connectivity index is 1.53. The molecule has 0 spiro atoms. The number of thiophene rings is 1. The lowest BCUT2D eigenvalue weighted by molar-refractivity contribution is -0.384. The van der Waals surface area contributed by atoms with Gasteiger partial charge in [-0.15, -0.1) is 11.3 Å². The Morgan fingerprint density at radius 2 is 1.79 bits per heavy atom. The summed E-state index contributed by atoms with van der Waals surface area (Å²) in [5.41, 5.74) is 2.61. The quantitative estimate of drug-likeness (QED) is 0.197. The average molecular weight is 493 g/mol. The van der Waals surface area contributed by atoms with Gasteiger partial charge in [-0.3, -0.25) is 14.9 Å². The summed E-state index contributed by atoms with van der Waals surface area (Å²) in [6.45, 7) is 0.539. The molecule has 9 heteroatoms. The largest absolute Gasteiger partial charge is 0.481 e. The molecule has 0 bridgehead atoms. The first-order valence-electron chi connectivity index (χ1n) is 10.3. The summed E-state index contributed by atoms with van der Waals surface area (Å²) in [6, 6.07) is 17.1. The maximum Gasteiger partial charge on any atom is 0.307 e. The van der Waals surface area contributed by atoms with E-state index >= 15 is 0 Å². The smallest absolute Gasteiger partial charge is 0.307 e. The van der Waals surface area contributed by atoms with E-state index in [1.165, 1.54) is 12.1 Å². The molecule has 0 unspecified atom stereocenters. The van der Waals surface area contributed by atoms with E-state index in [1.54, 1.807) is 29.5 Å². The third kappa shape index (κ3) is 4.33. The van der Waals surface area contributed by atoms with Gasteiger partial charge in [-0.05, 0) is 64.4 Å². The molecule has 0 aliphatic heterocycles. The highest BCUT2D eigenvalue weighted by molar-refractivity contribution is 7.17. The SMILES string of the molecule is O=C(O)Cc1cn(Cc2csc3ccc(Cl)cc23)c2cc(Oc3ccc([N+](=O)[O-])cc3)ccc12. The van der Waals surface area contributed by atoms with Crippen LogP contribution in [0.15, 0.2) is 72.2 Å². The Kier molecular flexibility index (Phi) is 5.69. The van der Waals surface area contributed by atoms with Crippen LogP contribution < -0.4 is 4.74 Å². The Hall–Kier alpha value is -3.88. The van der Waals surface area contributed by atoms with Crippen molar-refractivity contribution in [1.29, 1.82) is 0 Å². The average Bonchev–Trinajstić information content (AvgIpc) is 3.35. The molecule has 5 aromatic rings. The van der Waals surface area contributed by atoms with E-state index < -0.39 is 10.9 Å². The second-order valence-electron chi connectivity index (χ2n) is 7.79. The molecule has 0 saturated heterocycles. The van der Waals surface area contributed by atoms with Crippen molar-refractivity contribution in [3.8, 4) is 11.5 Å². The molecular weight excluding hydrogens is 476 g/mol. The maximum atomic E-state index is 11.4. The minimum absolute atomic E-state index is 0.0157. The summed E-state index contributed by atoms with van der Waals surface area (Å²) in [7, 11) is 0. The number of benzene rings is 3. The molecule has 0 fully saturated rings. The number of carbonyl (C=O) groups is 1. The summed E-state index contributed by atoms with van der Waals surface area (Å²) in [5, 5.41) is 24.9. The number of nitrogens with zero attached hydrogens (tertiary/aromatic N) is 2. The fraction of sp³-hybridized carbons (Fsp3) is 0.0800. The molecule has 2 heterocycles. The van der Waals surface area contributed by atoms with Crippen LogP contribution in [0, 0.1) is 10.1 Å². The van der Waals surface area contributed by atoms with Gasteiger partial charge in [0.15, 0.2) is 0 Å². The van der Waals surface area contributed by atoms with Crippen molar-refractivity contribution in [2.75, 3.05) is 0 Å². The molecule has 34 heavy (non-hydrogen) atoms. The number of halogens is 1. The fourth-order valence-electron chi connectivity index (χ4n) is 3.98. The van der Waals surface area contributed by atoms with E-state index in [-0.39, 0.29) is 12.1 Å². The first-order valence-corrected chi connectivity index (χ1v) is 11.5. The van der Waals surface area contributed by atoms with Crippen LogP contribution in [0.25, 0.3) is 21.0 Å². The monoisotopic (exact) mass is 492 g/mol. The van der Waals surface area contributed by atoms with Gasteiger partial charge in [-0.1, -0.05) is 11.6 Å². The molecule has 0 radical (unpaired) electrons. The van der Waals surface area contributed by atoms with Crippen molar-refractivity contribution in [2.24, 2.45) is 0 Å². The van der Waals surface area contributed by atoms with Crippen molar-refractivity contribution >= 4 is 55.6 Å². The number of carboxylic acids is 1. The Labute approximate surface area is 202 Å². The zero-order chi connectivity index (χ0) is 23.8. The molecule has 1 N–H and O–H groups in total. The minimum Gasteiger partial charge on any atom is -0.481 e. The van der Waals surface area contributed by atoms with Crippen LogP contribution in [-0.2, 0) is 17.8 Å². The first kappa shape index (κ1) is 21.9. The van der Waals surface area contributed by atoms with Crippen LogP contribution in [0.3, 0.4) is 0 Å². The number of aromatic nitrogens is 1. The number of non-ortho nitro benzene ring substituents is 1.